The number of aromatic nitrogens is 2. The number of hydrogen-bond donors (Lipinski definition) is 3. The van der Waals surface area contributed by atoms with E-state index in [1.54, 1.807) is 13.3 Å². The highest BCUT2D eigenvalue weighted by Crippen LogP contribution is 2.27. The molecule has 0 unspecified atom stereocenters. The SMILES string of the molecule is COCCNC(=O)Cn1cc(NC(=O)C2(N)CCCCC2)cn1. The summed E-state index contributed by atoms with van der Waals surface area (Å²) in [6.45, 7) is 1.01. The van der Waals surface area contributed by atoms with E-state index in [2.05, 4.69) is 15.7 Å². The molecule has 1 aliphatic rings. The Bertz CT molecular complexity index is 537. The molecular formula is C15H25N5O3. The van der Waals surface area contributed by atoms with Crippen LogP contribution in [0.1, 0.15) is 32.1 Å². The Morgan fingerprint density at radius 3 is 2.83 bits per heavy atom. The van der Waals surface area contributed by atoms with Crippen LogP contribution in [0, 0.1) is 0 Å². The fourth-order valence-electron chi connectivity index (χ4n) is 2.68. The van der Waals surface area contributed by atoms with Crippen LogP contribution >= 0.6 is 0 Å². The topological polar surface area (TPSA) is 111 Å². The number of carbonyl (C=O) groups is 2. The van der Waals surface area contributed by atoms with Crippen molar-refractivity contribution in [1.29, 1.82) is 0 Å². The van der Waals surface area contributed by atoms with Gasteiger partial charge in [-0.25, -0.2) is 0 Å². The first kappa shape index (κ1) is 17.4. The predicted octanol–water partition coefficient (Wildman–Crippen LogP) is 0.246. The molecule has 0 spiro atoms. The first-order valence-corrected chi connectivity index (χ1v) is 7.92. The zero-order chi connectivity index (χ0) is 16.7. The lowest BCUT2D eigenvalue weighted by Crippen LogP contribution is -2.52. The van der Waals surface area contributed by atoms with Crippen LogP contribution in [0.15, 0.2) is 12.4 Å². The summed E-state index contributed by atoms with van der Waals surface area (Å²) in [4.78, 5) is 24.0. The van der Waals surface area contributed by atoms with E-state index in [0.29, 0.717) is 31.7 Å². The second kappa shape index (κ2) is 8.07. The lowest BCUT2D eigenvalue weighted by molar-refractivity contribution is -0.122. The standard InChI is InChI=1S/C15H25N5O3/c1-23-8-7-17-13(21)11-20-10-12(9-18-20)19-14(22)15(16)5-3-2-4-6-15/h9-10H,2-8,11,16H2,1H3,(H,17,21)(H,19,22). The van der Waals surface area contributed by atoms with Crippen LogP contribution in [-0.2, 0) is 20.9 Å². The van der Waals surface area contributed by atoms with Crippen LogP contribution in [0.4, 0.5) is 5.69 Å². The monoisotopic (exact) mass is 323 g/mol. The van der Waals surface area contributed by atoms with Crippen LogP contribution in [-0.4, -0.2) is 47.4 Å². The fraction of sp³-hybridized carbons (Fsp3) is 0.667. The Kier molecular flexibility index (Phi) is 6.12. The highest BCUT2D eigenvalue weighted by molar-refractivity contribution is 5.97. The zero-order valence-electron chi connectivity index (χ0n) is 13.5. The molecule has 8 heteroatoms. The lowest BCUT2D eigenvalue weighted by Gasteiger charge is -2.31. The molecule has 8 nitrogen and oxygen atoms in total. The molecule has 1 heterocycles. The Balaban J connectivity index is 1.84. The van der Waals surface area contributed by atoms with Crippen molar-refractivity contribution in [1.82, 2.24) is 15.1 Å². The number of nitrogens with two attached hydrogens (primary N) is 1. The molecule has 4 N–H and O–H groups in total. The number of ether oxygens (including phenoxy) is 1. The van der Waals surface area contributed by atoms with Gasteiger partial charge in [0, 0.05) is 19.9 Å². The second-order valence-corrected chi connectivity index (χ2v) is 5.94. The number of hydrogen-bond acceptors (Lipinski definition) is 5. The van der Waals surface area contributed by atoms with E-state index in [0.717, 1.165) is 19.3 Å². The van der Waals surface area contributed by atoms with Crippen molar-refractivity contribution in [3.63, 3.8) is 0 Å². The van der Waals surface area contributed by atoms with Gasteiger partial charge in [0.1, 0.15) is 6.54 Å². The number of rotatable bonds is 7. The molecule has 2 rings (SSSR count). The maximum atomic E-state index is 12.3. The molecule has 0 saturated heterocycles. The number of methoxy groups -OCH3 is 1. The highest BCUT2D eigenvalue weighted by Gasteiger charge is 2.35. The molecule has 0 bridgehead atoms. The van der Waals surface area contributed by atoms with Gasteiger partial charge >= 0.3 is 0 Å². The average Bonchev–Trinajstić information content (AvgIpc) is 2.95. The van der Waals surface area contributed by atoms with Crippen LogP contribution in [0.2, 0.25) is 0 Å². The molecule has 1 aromatic rings. The third-order valence-corrected chi connectivity index (χ3v) is 4.02. The van der Waals surface area contributed by atoms with Crippen molar-refractivity contribution in [3.8, 4) is 0 Å². The molecule has 1 fully saturated rings. The van der Waals surface area contributed by atoms with E-state index < -0.39 is 5.54 Å². The summed E-state index contributed by atoms with van der Waals surface area (Å²) in [6, 6.07) is 0. The fourth-order valence-corrected chi connectivity index (χ4v) is 2.68. The van der Waals surface area contributed by atoms with Crippen molar-refractivity contribution in [3.05, 3.63) is 12.4 Å². The molecule has 1 aromatic heterocycles. The average molecular weight is 323 g/mol. The Morgan fingerprint density at radius 2 is 2.13 bits per heavy atom. The van der Waals surface area contributed by atoms with Gasteiger partial charge in [0.25, 0.3) is 0 Å². The van der Waals surface area contributed by atoms with E-state index in [-0.39, 0.29) is 18.4 Å². The van der Waals surface area contributed by atoms with Gasteiger partial charge in [0.15, 0.2) is 0 Å². The van der Waals surface area contributed by atoms with Gasteiger partial charge in [-0.15, -0.1) is 0 Å². The minimum Gasteiger partial charge on any atom is -0.383 e. The summed E-state index contributed by atoms with van der Waals surface area (Å²) in [5.41, 5.74) is 5.95. The quantitative estimate of drug-likeness (QED) is 0.623. The highest BCUT2D eigenvalue weighted by atomic mass is 16.5. The van der Waals surface area contributed by atoms with Gasteiger partial charge in [-0.1, -0.05) is 19.3 Å². The third kappa shape index (κ3) is 5.04. The van der Waals surface area contributed by atoms with Crippen molar-refractivity contribution in [2.75, 3.05) is 25.6 Å². The smallest absolute Gasteiger partial charge is 0.244 e. The van der Waals surface area contributed by atoms with Crippen molar-refractivity contribution < 1.29 is 14.3 Å². The van der Waals surface area contributed by atoms with Gasteiger partial charge in [0.2, 0.25) is 11.8 Å². The molecular weight excluding hydrogens is 298 g/mol. The summed E-state index contributed by atoms with van der Waals surface area (Å²) < 4.78 is 6.33. The third-order valence-electron chi connectivity index (χ3n) is 4.02. The van der Waals surface area contributed by atoms with Crippen LogP contribution in [0.25, 0.3) is 0 Å². The molecule has 0 radical (unpaired) electrons. The lowest BCUT2D eigenvalue weighted by atomic mass is 9.82. The molecule has 2 amide bonds. The van der Waals surface area contributed by atoms with Crippen LogP contribution < -0.4 is 16.4 Å². The molecule has 0 aromatic carbocycles. The number of nitrogens with zero attached hydrogens (tertiary/aromatic N) is 2. The summed E-state index contributed by atoms with van der Waals surface area (Å²) in [6.07, 6.45) is 7.63. The summed E-state index contributed by atoms with van der Waals surface area (Å²) in [5, 5.41) is 9.58. The zero-order valence-corrected chi connectivity index (χ0v) is 13.5. The molecule has 0 atom stereocenters. The van der Waals surface area contributed by atoms with Crippen molar-refractivity contribution in [2.24, 2.45) is 5.73 Å². The Hall–Kier alpha value is -1.93. The minimum absolute atomic E-state index is 0.0906. The van der Waals surface area contributed by atoms with E-state index in [1.165, 1.54) is 10.9 Å². The number of amides is 2. The second-order valence-electron chi connectivity index (χ2n) is 5.94. The van der Waals surface area contributed by atoms with E-state index in [9.17, 15) is 9.59 Å². The summed E-state index contributed by atoms with van der Waals surface area (Å²) >= 11 is 0. The molecule has 1 saturated carbocycles. The molecule has 128 valence electrons. The summed E-state index contributed by atoms with van der Waals surface area (Å²) in [7, 11) is 1.57. The normalized spacial score (nSPS) is 16.8. The van der Waals surface area contributed by atoms with Gasteiger partial charge in [0.05, 0.1) is 24.0 Å². The molecule has 1 aliphatic carbocycles. The van der Waals surface area contributed by atoms with E-state index in [1.807, 2.05) is 0 Å². The Morgan fingerprint density at radius 1 is 1.39 bits per heavy atom. The van der Waals surface area contributed by atoms with Gasteiger partial charge in [-0.2, -0.15) is 5.10 Å². The van der Waals surface area contributed by atoms with Crippen LogP contribution in [0.3, 0.4) is 0 Å². The number of carbonyl (C=O) groups excluding carboxylic acids is 2. The van der Waals surface area contributed by atoms with Gasteiger partial charge < -0.3 is 21.1 Å². The number of anilines is 1. The van der Waals surface area contributed by atoms with Gasteiger partial charge in [-0.05, 0) is 12.8 Å². The molecule has 0 aliphatic heterocycles. The van der Waals surface area contributed by atoms with E-state index >= 15 is 0 Å². The van der Waals surface area contributed by atoms with E-state index in [4.69, 9.17) is 10.5 Å². The van der Waals surface area contributed by atoms with Crippen molar-refractivity contribution >= 4 is 17.5 Å². The largest absolute Gasteiger partial charge is 0.383 e. The number of nitrogens with one attached hydrogen (secondary N) is 2. The molecule has 23 heavy (non-hydrogen) atoms. The van der Waals surface area contributed by atoms with Crippen LogP contribution in [0.5, 0.6) is 0 Å². The Labute approximate surface area is 135 Å². The first-order chi connectivity index (χ1) is 11.0. The maximum Gasteiger partial charge on any atom is 0.244 e. The first-order valence-electron chi connectivity index (χ1n) is 7.92. The maximum absolute atomic E-state index is 12.3. The predicted molar refractivity (Wildman–Crippen MR) is 85.7 cm³/mol. The summed E-state index contributed by atoms with van der Waals surface area (Å²) in [5.74, 6) is -0.341. The van der Waals surface area contributed by atoms with Crippen molar-refractivity contribution in [2.45, 2.75) is 44.2 Å². The van der Waals surface area contributed by atoms with Gasteiger partial charge in [-0.3, -0.25) is 14.3 Å². The minimum atomic E-state index is -0.794.